The highest BCUT2D eigenvalue weighted by molar-refractivity contribution is 5.59. The third-order valence-electron chi connectivity index (χ3n) is 3.42. The van der Waals surface area contributed by atoms with Gasteiger partial charge in [0.25, 0.3) is 0 Å². The Morgan fingerprint density at radius 1 is 1.25 bits per heavy atom. The van der Waals surface area contributed by atoms with Crippen molar-refractivity contribution in [2.24, 2.45) is 0 Å². The van der Waals surface area contributed by atoms with Crippen LogP contribution in [0.25, 0.3) is 11.3 Å². The van der Waals surface area contributed by atoms with E-state index in [0.29, 0.717) is 5.92 Å². The maximum Gasteiger partial charge on any atom is 0.111 e. The van der Waals surface area contributed by atoms with E-state index in [9.17, 15) is 0 Å². The molecule has 1 aliphatic heterocycles. The number of hydrogen-bond acceptors (Lipinski definition) is 1. The van der Waals surface area contributed by atoms with Crippen LogP contribution in [0.5, 0.6) is 0 Å². The van der Waals surface area contributed by atoms with Gasteiger partial charge in [-0.25, -0.2) is 4.98 Å². The van der Waals surface area contributed by atoms with Gasteiger partial charge in [0.05, 0.1) is 11.9 Å². The maximum atomic E-state index is 4.58. The van der Waals surface area contributed by atoms with Crippen LogP contribution in [0.2, 0.25) is 0 Å². The first-order valence-corrected chi connectivity index (χ1v) is 5.97. The van der Waals surface area contributed by atoms with Crippen molar-refractivity contribution in [1.82, 2.24) is 9.55 Å². The van der Waals surface area contributed by atoms with Crippen LogP contribution in [0, 0.1) is 0 Å². The van der Waals surface area contributed by atoms with Gasteiger partial charge >= 0.3 is 0 Å². The number of nitrogens with zero attached hydrogens (tertiary/aromatic N) is 2. The predicted octanol–water partition coefficient (Wildman–Crippen LogP) is 3.45. The quantitative estimate of drug-likeness (QED) is 0.708. The summed E-state index contributed by atoms with van der Waals surface area (Å²) in [7, 11) is 0. The minimum atomic E-state index is 0.603. The second kappa shape index (κ2) is 3.78. The number of benzene rings is 1. The first-order valence-electron chi connectivity index (χ1n) is 5.97. The molecule has 0 saturated heterocycles. The van der Waals surface area contributed by atoms with Crippen LogP contribution < -0.4 is 0 Å². The summed E-state index contributed by atoms with van der Waals surface area (Å²) in [5.74, 6) is 1.86. The summed E-state index contributed by atoms with van der Waals surface area (Å²) in [6.07, 6.45) is 4.56. The molecule has 1 aromatic carbocycles. The SMILES string of the molecule is CC1CCCn2c(-c3ccccc3)cnc21. The number of imidazole rings is 1. The molecule has 2 heterocycles. The Bertz CT molecular complexity index is 485. The summed E-state index contributed by atoms with van der Waals surface area (Å²) in [5.41, 5.74) is 2.54. The second-order valence-corrected chi connectivity index (χ2v) is 4.56. The lowest BCUT2D eigenvalue weighted by molar-refractivity contribution is 0.466. The molecular weight excluding hydrogens is 196 g/mol. The van der Waals surface area contributed by atoms with Gasteiger partial charge in [-0.05, 0) is 18.4 Å². The van der Waals surface area contributed by atoms with Crippen molar-refractivity contribution in [3.8, 4) is 11.3 Å². The fourth-order valence-electron chi connectivity index (χ4n) is 2.54. The van der Waals surface area contributed by atoms with Gasteiger partial charge in [-0.2, -0.15) is 0 Å². The van der Waals surface area contributed by atoms with E-state index in [-0.39, 0.29) is 0 Å². The minimum Gasteiger partial charge on any atom is -0.328 e. The van der Waals surface area contributed by atoms with Gasteiger partial charge in [0.15, 0.2) is 0 Å². The molecule has 0 spiro atoms. The lowest BCUT2D eigenvalue weighted by atomic mass is 10.0. The summed E-state index contributed by atoms with van der Waals surface area (Å²) in [6.45, 7) is 3.39. The van der Waals surface area contributed by atoms with E-state index in [1.165, 1.54) is 29.9 Å². The first kappa shape index (κ1) is 9.64. The van der Waals surface area contributed by atoms with Crippen LogP contribution in [-0.2, 0) is 6.54 Å². The van der Waals surface area contributed by atoms with Gasteiger partial charge in [0, 0.05) is 12.5 Å². The average Bonchev–Trinajstić information content (AvgIpc) is 2.75. The average molecular weight is 212 g/mol. The van der Waals surface area contributed by atoms with Gasteiger partial charge in [-0.15, -0.1) is 0 Å². The maximum absolute atomic E-state index is 4.58. The smallest absolute Gasteiger partial charge is 0.111 e. The fraction of sp³-hybridized carbons (Fsp3) is 0.357. The minimum absolute atomic E-state index is 0.603. The molecule has 82 valence electrons. The Balaban J connectivity index is 2.10. The van der Waals surface area contributed by atoms with Crippen molar-refractivity contribution in [1.29, 1.82) is 0 Å². The molecule has 2 nitrogen and oxygen atoms in total. The summed E-state index contributed by atoms with van der Waals surface area (Å²) in [5, 5.41) is 0. The zero-order valence-electron chi connectivity index (χ0n) is 9.56. The normalized spacial score (nSPS) is 19.4. The molecule has 0 aliphatic carbocycles. The van der Waals surface area contributed by atoms with Gasteiger partial charge in [0.1, 0.15) is 5.82 Å². The zero-order chi connectivity index (χ0) is 11.0. The monoisotopic (exact) mass is 212 g/mol. The fourth-order valence-corrected chi connectivity index (χ4v) is 2.54. The topological polar surface area (TPSA) is 17.8 Å². The third-order valence-corrected chi connectivity index (χ3v) is 3.42. The molecule has 2 aromatic rings. The van der Waals surface area contributed by atoms with Gasteiger partial charge in [-0.3, -0.25) is 0 Å². The van der Waals surface area contributed by atoms with E-state index in [4.69, 9.17) is 0 Å². The Kier molecular flexibility index (Phi) is 2.28. The van der Waals surface area contributed by atoms with Gasteiger partial charge < -0.3 is 4.57 Å². The summed E-state index contributed by atoms with van der Waals surface area (Å²) in [4.78, 5) is 4.58. The molecular formula is C14H16N2. The molecule has 1 unspecified atom stereocenters. The highest BCUT2D eigenvalue weighted by Gasteiger charge is 2.20. The van der Waals surface area contributed by atoms with E-state index >= 15 is 0 Å². The molecule has 1 aliphatic rings. The van der Waals surface area contributed by atoms with Crippen molar-refractivity contribution in [2.45, 2.75) is 32.2 Å². The van der Waals surface area contributed by atoms with E-state index in [0.717, 1.165) is 6.54 Å². The molecule has 0 amide bonds. The molecule has 0 N–H and O–H groups in total. The number of aromatic nitrogens is 2. The molecule has 3 rings (SSSR count). The predicted molar refractivity (Wildman–Crippen MR) is 65.3 cm³/mol. The molecule has 1 atom stereocenters. The number of rotatable bonds is 1. The van der Waals surface area contributed by atoms with E-state index < -0.39 is 0 Å². The lowest BCUT2D eigenvalue weighted by Crippen LogP contribution is -2.14. The Hall–Kier alpha value is -1.57. The van der Waals surface area contributed by atoms with Crippen LogP contribution in [0.4, 0.5) is 0 Å². The first-order chi connectivity index (χ1) is 7.86. The Morgan fingerprint density at radius 3 is 2.88 bits per heavy atom. The van der Waals surface area contributed by atoms with Crippen LogP contribution in [0.15, 0.2) is 36.5 Å². The number of fused-ring (bicyclic) bond motifs is 1. The van der Waals surface area contributed by atoms with Crippen LogP contribution in [0.1, 0.15) is 31.5 Å². The second-order valence-electron chi connectivity index (χ2n) is 4.56. The molecule has 2 heteroatoms. The summed E-state index contributed by atoms with van der Waals surface area (Å²) >= 11 is 0. The highest BCUT2D eigenvalue weighted by Crippen LogP contribution is 2.30. The van der Waals surface area contributed by atoms with Crippen molar-refractivity contribution >= 4 is 0 Å². The molecule has 0 fully saturated rings. The van der Waals surface area contributed by atoms with Gasteiger partial charge in [-0.1, -0.05) is 37.3 Å². The largest absolute Gasteiger partial charge is 0.328 e. The molecule has 1 aromatic heterocycles. The van der Waals surface area contributed by atoms with E-state index in [1.807, 2.05) is 6.20 Å². The van der Waals surface area contributed by atoms with Crippen molar-refractivity contribution in [3.63, 3.8) is 0 Å². The number of hydrogen-bond donors (Lipinski definition) is 0. The zero-order valence-corrected chi connectivity index (χ0v) is 9.56. The van der Waals surface area contributed by atoms with Crippen molar-refractivity contribution in [2.75, 3.05) is 0 Å². The van der Waals surface area contributed by atoms with Crippen LogP contribution in [0.3, 0.4) is 0 Å². The molecule has 0 saturated carbocycles. The van der Waals surface area contributed by atoms with Crippen molar-refractivity contribution in [3.05, 3.63) is 42.4 Å². The standard InChI is InChI=1S/C14H16N2/c1-11-6-5-9-16-13(10-15-14(11)16)12-7-3-2-4-8-12/h2-4,7-8,10-11H,5-6,9H2,1H3. The van der Waals surface area contributed by atoms with Crippen LogP contribution in [-0.4, -0.2) is 9.55 Å². The molecule has 16 heavy (non-hydrogen) atoms. The summed E-state index contributed by atoms with van der Waals surface area (Å²) in [6, 6.07) is 10.5. The highest BCUT2D eigenvalue weighted by atomic mass is 15.1. The lowest BCUT2D eigenvalue weighted by Gasteiger charge is -2.21. The molecule has 0 radical (unpaired) electrons. The summed E-state index contributed by atoms with van der Waals surface area (Å²) < 4.78 is 2.38. The van der Waals surface area contributed by atoms with E-state index in [2.05, 4.69) is 46.8 Å². The van der Waals surface area contributed by atoms with E-state index in [1.54, 1.807) is 0 Å². The van der Waals surface area contributed by atoms with Crippen LogP contribution >= 0.6 is 0 Å². The Morgan fingerprint density at radius 2 is 2.06 bits per heavy atom. The molecule has 0 bridgehead atoms. The Labute approximate surface area is 95.9 Å². The van der Waals surface area contributed by atoms with Gasteiger partial charge in [0.2, 0.25) is 0 Å². The third kappa shape index (κ3) is 1.45. The van der Waals surface area contributed by atoms with Crippen molar-refractivity contribution < 1.29 is 0 Å².